The van der Waals surface area contributed by atoms with Gasteiger partial charge in [0.2, 0.25) is 0 Å². The summed E-state index contributed by atoms with van der Waals surface area (Å²) in [5, 5.41) is 0. The molecule has 2 rings (SSSR count). The minimum Gasteiger partial charge on any atom is -0.355 e. The summed E-state index contributed by atoms with van der Waals surface area (Å²) in [6, 6.07) is 8.00. The number of hydrogen-bond donors (Lipinski definition) is 1. The zero-order valence-corrected chi connectivity index (χ0v) is 10.7. The molecule has 2 N–H and O–H groups in total. The maximum absolute atomic E-state index is 5.88. The van der Waals surface area contributed by atoms with Gasteiger partial charge in [-0.2, -0.15) is 0 Å². The topological polar surface area (TPSA) is 55.0 Å². The molecule has 2 heterocycles. The van der Waals surface area contributed by atoms with Crippen molar-refractivity contribution >= 4 is 5.82 Å². The summed E-state index contributed by atoms with van der Waals surface area (Å²) in [6.45, 7) is 2.75. The molecule has 0 unspecified atom stereocenters. The van der Waals surface area contributed by atoms with Gasteiger partial charge in [-0.15, -0.1) is 0 Å². The Kier molecular flexibility index (Phi) is 3.89. The minimum atomic E-state index is 0.0264. The highest BCUT2D eigenvalue weighted by molar-refractivity contribution is 5.41. The predicted octanol–water partition coefficient (Wildman–Crippen LogP) is 2.13. The van der Waals surface area contributed by atoms with Gasteiger partial charge < -0.3 is 10.6 Å². The molecule has 0 spiro atoms. The number of anilines is 1. The number of aromatic nitrogens is 2. The quantitative estimate of drug-likeness (QED) is 0.892. The molecule has 0 saturated carbocycles. The van der Waals surface area contributed by atoms with Crippen LogP contribution in [0.25, 0.3) is 0 Å². The summed E-state index contributed by atoms with van der Waals surface area (Å²) in [5.41, 5.74) is 8.13. The molecule has 1 atom stereocenters. The first-order chi connectivity index (χ1) is 8.66. The van der Waals surface area contributed by atoms with Crippen molar-refractivity contribution in [1.82, 2.24) is 9.97 Å². The fourth-order valence-corrected chi connectivity index (χ4v) is 1.77. The molecule has 0 aliphatic rings. The van der Waals surface area contributed by atoms with Crippen molar-refractivity contribution in [3.8, 4) is 0 Å². The minimum absolute atomic E-state index is 0.0264. The summed E-state index contributed by atoms with van der Waals surface area (Å²) in [4.78, 5) is 10.6. The first-order valence-electron chi connectivity index (χ1n) is 5.98. The molecule has 18 heavy (non-hydrogen) atoms. The van der Waals surface area contributed by atoms with Crippen molar-refractivity contribution < 1.29 is 0 Å². The van der Waals surface area contributed by atoms with E-state index in [0.717, 1.165) is 23.5 Å². The van der Waals surface area contributed by atoms with Gasteiger partial charge in [0.15, 0.2) is 0 Å². The Morgan fingerprint density at radius 3 is 2.83 bits per heavy atom. The molecule has 0 saturated heterocycles. The van der Waals surface area contributed by atoms with E-state index in [2.05, 4.69) is 20.9 Å². The molecule has 0 radical (unpaired) electrons. The molecule has 2 aromatic rings. The lowest BCUT2D eigenvalue weighted by Gasteiger charge is -2.19. The summed E-state index contributed by atoms with van der Waals surface area (Å²) < 4.78 is 0. The van der Waals surface area contributed by atoms with Crippen LogP contribution in [0.4, 0.5) is 5.82 Å². The highest BCUT2D eigenvalue weighted by Crippen LogP contribution is 2.17. The van der Waals surface area contributed by atoms with E-state index in [4.69, 9.17) is 5.73 Å². The van der Waals surface area contributed by atoms with Gasteiger partial charge >= 0.3 is 0 Å². The number of pyridine rings is 2. The average Bonchev–Trinajstić information content (AvgIpc) is 2.40. The van der Waals surface area contributed by atoms with E-state index >= 15 is 0 Å². The Morgan fingerprint density at radius 2 is 2.17 bits per heavy atom. The van der Waals surface area contributed by atoms with E-state index in [1.54, 1.807) is 12.4 Å². The van der Waals surface area contributed by atoms with E-state index in [1.807, 2.05) is 38.4 Å². The molecule has 2 aromatic heterocycles. The summed E-state index contributed by atoms with van der Waals surface area (Å²) in [6.07, 6.45) is 5.44. The van der Waals surface area contributed by atoms with E-state index in [9.17, 15) is 0 Å². The van der Waals surface area contributed by atoms with E-state index in [1.165, 1.54) is 0 Å². The van der Waals surface area contributed by atoms with Gasteiger partial charge in [-0.25, -0.2) is 4.98 Å². The average molecular weight is 242 g/mol. The Balaban J connectivity index is 2.14. The Bertz CT molecular complexity index is 496. The van der Waals surface area contributed by atoms with Crippen molar-refractivity contribution in [3.05, 3.63) is 54.0 Å². The lowest BCUT2D eigenvalue weighted by Crippen LogP contribution is -2.18. The van der Waals surface area contributed by atoms with Crippen LogP contribution < -0.4 is 10.6 Å². The number of rotatable bonds is 4. The van der Waals surface area contributed by atoms with Gasteiger partial charge in [-0.3, -0.25) is 4.98 Å². The highest BCUT2D eigenvalue weighted by atomic mass is 15.2. The number of nitrogens with zero attached hydrogens (tertiary/aromatic N) is 3. The van der Waals surface area contributed by atoms with Crippen LogP contribution in [0.5, 0.6) is 0 Å². The van der Waals surface area contributed by atoms with Crippen molar-refractivity contribution in [1.29, 1.82) is 0 Å². The monoisotopic (exact) mass is 242 g/mol. The molecule has 0 amide bonds. The van der Waals surface area contributed by atoms with Crippen molar-refractivity contribution in [2.75, 3.05) is 11.9 Å². The van der Waals surface area contributed by atoms with E-state index < -0.39 is 0 Å². The number of nitrogens with two attached hydrogens (primary N) is 1. The van der Waals surface area contributed by atoms with Gasteiger partial charge in [-0.1, -0.05) is 6.07 Å². The summed E-state index contributed by atoms with van der Waals surface area (Å²) in [7, 11) is 2.01. The SMILES string of the molecule is C[C@H](N)c1ccnc(N(C)Cc2cccnc2)c1. The predicted molar refractivity (Wildman–Crippen MR) is 73.2 cm³/mol. The molecular weight excluding hydrogens is 224 g/mol. The van der Waals surface area contributed by atoms with Crippen LogP contribution in [0.3, 0.4) is 0 Å². The molecule has 4 heteroatoms. The lowest BCUT2D eigenvalue weighted by molar-refractivity contribution is 0.809. The molecule has 0 aliphatic heterocycles. The van der Waals surface area contributed by atoms with Crippen molar-refractivity contribution in [2.24, 2.45) is 5.73 Å². The van der Waals surface area contributed by atoms with Crippen LogP contribution in [-0.2, 0) is 6.54 Å². The van der Waals surface area contributed by atoms with Gasteiger partial charge in [0.1, 0.15) is 5.82 Å². The maximum atomic E-state index is 5.88. The van der Waals surface area contributed by atoms with Crippen LogP contribution in [0.2, 0.25) is 0 Å². The first-order valence-corrected chi connectivity index (χ1v) is 5.98. The third kappa shape index (κ3) is 3.05. The smallest absolute Gasteiger partial charge is 0.128 e. The van der Waals surface area contributed by atoms with Crippen LogP contribution in [-0.4, -0.2) is 17.0 Å². The second-order valence-corrected chi connectivity index (χ2v) is 4.45. The highest BCUT2D eigenvalue weighted by Gasteiger charge is 2.06. The fourth-order valence-electron chi connectivity index (χ4n) is 1.77. The van der Waals surface area contributed by atoms with Gasteiger partial charge in [0.05, 0.1) is 0 Å². The zero-order valence-electron chi connectivity index (χ0n) is 10.7. The van der Waals surface area contributed by atoms with E-state index in [0.29, 0.717) is 0 Å². The van der Waals surface area contributed by atoms with Crippen LogP contribution in [0.15, 0.2) is 42.9 Å². The lowest BCUT2D eigenvalue weighted by atomic mass is 10.1. The first kappa shape index (κ1) is 12.5. The maximum Gasteiger partial charge on any atom is 0.128 e. The summed E-state index contributed by atoms with van der Waals surface area (Å²) >= 11 is 0. The van der Waals surface area contributed by atoms with E-state index in [-0.39, 0.29) is 6.04 Å². The van der Waals surface area contributed by atoms with Crippen LogP contribution >= 0.6 is 0 Å². The number of hydrogen-bond acceptors (Lipinski definition) is 4. The molecule has 0 fully saturated rings. The van der Waals surface area contributed by atoms with Crippen LogP contribution in [0, 0.1) is 0 Å². The van der Waals surface area contributed by atoms with Crippen LogP contribution in [0.1, 0.15) is 24.1 Å². The molecule has 0 bridgehead atoms. The Hall–Kier alpha value is -1.94. The fraction of sp³-hybridized carbons (Fsp3) is 0.286. The zero-order chi connectivity index (χ0) is 13.0. The molecule has 94 valence electrons. The third-order valence-corrected chi connectivity index (χ3v) is 2.83. The normalized spacial score (nSPS) is 12.2. The van der Waals surface area contributed by atoms with Gasteiger partial charge in [-0.05, 0) is 36.2 Å². The van der Waals surface area contributed by atoms with Gasteiger partial charge in [0, 0.05) is 38.2 Å². The standard InChI is InChI=1S/C14H18N4/c1-11(15)13-5-7-17-14(8-13)18(2)10-12-4-3-6-16-9-12/h3-9,11H,10,15H2,1-2H3/t11-/m0/s1. The molecule has 4 nitrogen and oxygen atoms in total. The molecule has 0 aromatic carbocycles. The van der Waals surface area contributed by atoms with Gasteiger partial charge in [0.25, 0.3) is 0 Å². The largest absolute Gasteiger partial charge is 0.355 e. The van der Waals surface area contributed by atoms with Crippen molar-refractivity contribution in [3.63, 3.8) is 0 Å². The molecular formula is C14H18N4. The third-order valence-electron chi connectivity index (χ3n) is 2.83. The van der Waals surface area contributed by atoms with Crippen molar-refractivity contribution in [2.45, 2.75) is 19.5 Å². The second-order valence-electron chi connectivity index (χ2n) is 4.45. The Labute approximate surface area is 107 Å². The summed E-state index contributed by atoms with van der Waals surface area (Å²) in [5.74, 6) is 0.925. The second kappa shape index (κ2) is 5.60. The molecule has 0 aliphatic carbocycles. The Morgan fingerprint density at radius 1 is 1.33 bits per heavy atom.